The molecule has 1 aliphatic heterocycles. The van der Waals surface area contributed by atoms with Crippen molar-refractivity contribution in [2.75, 3.05) is 26.7 Å². The van der Waals surface area contributed by atoms with E-state index in [0.29, 0.717) is 29.2 Å². The van der Waals surface area contributed by atoms with Crippen LogP contribution in [0.5, 0.6) is 5.75 Å². The van der Waals surface area contributed by atoms with Gasteiger partial charge in [0.25, 0.3) is 0 Å². The number of rotatable bonds is 8. The molecule has 1 aromatic heterocycles. The van der Waals surface area contributed by atoms with E-state index in [2.05, 4.69) is 18.1 Å². The number of benzene rings is 2. The van der Waals surface area contributed by atoms with E-state index < -0.39 is 0 Å². The molecule has 1 aliphatic carbocycles. The summed E-state index contributed by atoms with van der Waals surface area (Å²) in [6.45, 7) is 13.4. The first-order chi connectivity index (χ1) is 18.3. The van der Waals surface area contributed by atoms with Gasteiger partial charge in [0.05, 0.1) is 18.8 Å². The second kappa shape index (κ2) is 11.3. The van der Waals surface area contributed by atoms with Gasteiger partial charge in [0, 0.05) is 11.6 Å². The van der Waals surface area contributed by atoms with Crippen molar-refractivity contribution in [1.82, 2.24) is 4.90 Å². The summed E-state index contributed by atoms with van der Waals surface area (Å²) in [4.78, 5) is 15.8. The molecule has 3 aromatic rings. The zero-order valence-electron chi connectivity index (χ0n) is 22.7. The van der Waals surface area contributed by atoms with E-state index in [-0.39, 0.29) is 11.2 Å². The minimum Gasteiger partial charge on any atom is -0.496 e. The second-order valence-corrected chi connectivity index (χ2v) is 11.1. The topological polar surface area (TPSA) is 42.7 Å². The summed E-state index contributed by atoms with van der Waals surface area (Å²) in [5.74, 6) is 1.35. The summed E-state index contributed by atoms with van der Waals surface area (Å²) < 4.78 is 25.0. The smallest absolute Gasteiger partial charge is 0.195 e. The van der Waals surface area contributed by atoms with Crippen molar-refractivity contribution in [1.29, 1.82) is 0 Å². The van der Waals surface area contributed by atoms with Gasteiger partial charge in [-0.05, 0) is 124 Å². The highest BCUT2D eigenvalue weighted by atomic mass is 19.1. The third kappa shape index (κ3) is 5.49. The van der Waals surface area contributed by atoms with E-state index in [4.69, 9.17) is 9.15 Å². The van der Waals surface area contributed by atoms with E-state index in [1.54, 1.807) is 19.4 Å². The van der Waals surface area contributed by atoms with Crippen LogP contribution < -0.4 is 10.2 Å². The van der Waals surface area contributed by atoms with Gasteiger partial charge in [-0.1, -0.05) is 24.8 Å². The van der Waals surface area contributed by atoms with E-state index in [1.165, 1.54) is 11.6 Å². The largest absolute Gasteiger partial charge is 0.496 e. The van der Waals surface area contributed by atoms with E-state index in [9.17, 15) is 9.18 Å². The Balaban J connectivity index is 1.19. The molecule has 0 bridgehead atoms. The molecular formula is C33H38FNO3. The molecule has 1 unspecified atom stereocenters. The van der Waals surface area contributed by atoms with Crippen LogP contribution in [0.1, 0.15) is 66.7 Å². The van der Waals surface area contributed by atoms with Crippen LogP contribution in [0.15, 0.2) is 64.5 Å². The summed E-state index contributed by atoms with van der Waals surface area (Å²) in [5, 5.41) is 0.645. The van der Waals surface area contributed by atoms with Gasteiger partial charge >= 0.3 is 0 Å². The molecule has 2 aromatic carbocycles. The van der Waals surface area contributed by atoms with Gasteiger partial charge in [0.2, 0.25) is 0 Å². The Morgan fingerprint density at radius 1 is 1.18 bits per heavy atom. The van der Waals surface area contributed by atoms with Crippen LogP contribution in [-0.4, -0.2) is 31.6 Å². The lowest BCUT2D eigenvalue weighted by atomic mass is 9.84. The van der Waals surface area contributed by atoms with Gasteiger partial charge < -0.3 is 14.1 Å². The third-order valence-corrected chi connectivity index (χ3v) is 8.55. The third-order valence-electron chi connectivity index (χ3n) is 8.55. The standard InChI is InChI=1S/C33H38FNO3/c1-21-7-8-25(16-21)29-18-30-32(19-31(29)37-4)38-20-26(33(30)36)6-5-13-35-14-11-24(12-15-35)23(3)28-10-9-27(34)17-22(28)2/h9-10,17-20,24-25H,1,3,5-8,11-16H2,2,4H3. The Hall–Kier alpha value is -3.18. The van der Waals surface area contributed by atoms with Crippen molar-refractivity contribution in [2.45, 2.75) is 57.8 Å². The second-order valence-electron chi connectivity index (χ2n) is 11.1. The van der Waals surface area contributed by atoms with Crippen molar-refractivity contribution in [2.24, 2.45) is 5.92 Å². The number of aryl methyl sites for hydroxylation is 2. The normalized spacial score (nSPS) is 18.8. The van der Waals surface area contributed by atoms with Gasteiger partial charge in [0.15, 0.2) is 5.43 Å². The number of hydrogen-bond donors (Lipinski definition) is 0. The molecule has 2 aliphatic rings. The molecule has 5 rings (SSSR count). The summed E-state index contributed by atoms with van der Waals surface area (Å²) in [7, 11) is 1.67. The van der Waals surface area contributed by atoms with Crippen LogP contribution in [0.25, 0.3) is 16.5 Å². The molecule has 2 heterocycles. The first-order valence-electron chi connectivity index (χ1n) is 13.8. The highest BCUT2D eigenvalue weighted by Gasteiger charge is 2.25. The van der Waals surface area contributed by atoms with Crippen molar-refractivity contribution >= 4 is 16.5 Å². The minimum absolute atomic E-state index is 0.0663. The molecule has 2 fully saturated rings. The predicted octanol–water partition coefficient (Wildman–Crippen LogP) is 7.43. The van der Waals surface area contributed by atoms with Crippen molar-refractivity contribution < 1.29 is 13.5 Å². The highest BCUT2D eigenvalue weighted by Crippen LogP contribution is 2.42. The summed E-state index contributed by atoms with van der Waals surface area (Å²) >= 11 is 0. The number of methoxy groups -OCH3 is 1. The van der Waals surface area contributed by atoms with Crippen LogP contribution in [0.3, 0.4) is 0 Å². The SMILES string of the molecule is C=C1CCC(c2cc3c(=O)c(CCCN4CCC(C(=C)c5ccc(F)cc5C)CC4)coc3cc2OC)C1. The Bertz CT molecular complexity index is 1410. The molecule has 38 heavy (non-hydrogen) atoms. The van der Waals surface area contributed by atoms with Gasteiger partial charge in [0.1, 0.15) is 17.1 Å². The Morgan fingerprint density at radius 2 is 1.97 bits per heavy atom. The fraction of sp³-hybridized carbons (Fsp3) is 0.424. The first kappa shape index (κ1) is 26.4. The lowest BCUT2D eigenvalue weighted by Gasteiger charge is -2.33. The number of piperidine rings is 1. The molecule has 1 saturated carbocycles. The molecule has 5 heteroatoms. The molecule has 0 amide bonds. The molecule has 0 N–H and O–H groups in total. The monoisotopic (exact) mass is 515 g/mol. The first-order valence-corrected chi connectivity index (χ1v) is 13.8. The molecule has 0 radical (unpaired) electrons. The lowest BCUT2D eigenvalue weighted by Crippen LogP contribution is -2.35. The summed E-state index contributed by atoms with van der Waals surface area (Å²) in [6.07, 6.45) is 8.34. The maximum Gasteiger partial charge on any atom is 0.195 e. The predicted molar refractivity (Wildman–Crippen MR) is 152 cm³/mol. The number of ether oxygens (including phenoxy) is 1. The number of allylic oxidation sites excluding steroid dienone is 2. The number of nitrogens with zero attached hydrogens (tertiary/aromatic N) is 1. The maximum absolute atomic E-state index is 13.5. The Labute approximate surface area is 224 Å². The van der Waals surface area contributed by atoms with Gasteiger partial charge in [-0.15, -0.1) is 0 Å². The van der Waals surface area contributed by atoms with E-state index in [0.717, 1.165) is 91.7 Å². The van der Waals surface area contributed by atoms with Gasteiger partial charge in [-0.2, -0.15) is 0 Å². The van der Waals surface area contributed by atoms with E-state index >= 15 is 0 Å². The number of fused-ring (bicyclic) bond motifs is 1. The van der Waals surface area contributed by atoms with Crippen LogP contribution in [0.2, 0.25) is 0 Å². The molecule has 0 spiro atoms. The van der Waals surface area contributed by atoms with Crippen molar-refractivity contribution in [3.63, 3.8) is 0 Å². The van der Waals surface area contributed by atoms with E-state index in [1.807, 2.05) is 25.1 Å². The highest BCUT2D eigenvalue weighted by molar-refractivity contribution is 5.80. The fourth-order valence-corrected chi connectivity index (χ4v) is 6.28. The van der Waals surface area contributed by atoms with Crippen LogP contribution in [0.4, 0.5) is 4.39 Å². The zero-order valence-corrected chi connectivity index (χ0v) is 22.7. The Morgan fingerprint density at radius 3 is 2.66 bits per heavy atom. The summed E-state index contributed by atoms with van der Waals surface area (Å²) in [6, 6.07) is 8.82. The molecule has 1 atom stereocenters. The van der Waals surface area contributed by atoms with Crippen LogP contribution in [0, 0.1) is 18.7 Å². The Kier molecular flexibility index (Phi) is 7.85. The average molecular weight is 516 g/mol. The fourth-order valence-electron chi connectivity index (χ4n) is 6.28. The molecule has 4 nitrogen and oxygen atoms in total. The quantitative estimate of drug-likeness (QED) is 0.293. The average Bonchev–Trinajstić information content (AvgIpc) is 3.35. The van der Waals surface area contributed by atoms with Gasteiger partial charge in [-0.3, -0.25) is 4.79 Å². The zero-order chi connectivity index (χ0) is 26.8. The molecular weight excluding hydrogens is 477 g/mol. The lowest BCUT2D eigenvalue weighted by molar-refractivity contribution is 0.204. The van der Waals surface area contributed by atoms with Crippen molar-refractivity contribution in [3.05, 3.63) is 93.6 Å². The molecule has 1 saturated heterocycles. The molecule has 200 valence electrons. The summed E-state index contributed by atoms with van der Waals surface area (Å²) in [5.41, 5.74) is 6.87. The number of likely N-dealkylation sites (tertiary alicyclic amines) is 1. The minimum atomic E-state index is -0.199. The number of halogens is 1. The van der Waals surface area contributed by atoms with Crippen molar-refractivity contribution in [3.8, 4) is 5.75 Å². The van der Waals surface area contributed by atoms with Gasteiger partial charge in [-0.25, -0.2) is 4.39 Å². The number of hydrogen-bond acceptors (Lipinski definition) is 4. The maximum atomic E-state index is 13.5. The van der Waals surface area contributed by atoms with Crippen LogP contribution >= 0.6 is 0 Å². The van der Waals surface area contributed by atoms with Crippen LogP contribution in [-0.2, 0) is 6.42 Å².